The summed E-state index contributed by atoms with van der Waals surface area (Å²) in [5.74, 6) is -1.11. The van der Waals surface area contributed by atoms with Gasteiger partial charge in [-0.15, -0.1) is 11.4 Å². The maximum Gasteiger partial charge on any atom is 1.00 e. The van der Waals surface area contributed by atoms with Crippen LogP contribution in [0.15, 0.2) is 60.7 Å². The normalized spacial score (nSPS) is 12.7. The van der Waals surface area contributed by atoms with Crippen molar-refractivity contribution in [1.82, 2.24) is 4.98 Å². The van der Waals surface area contributed by atoms with Crippen molar-refractivity contribution < 1.29 is 82.0 Å². The Kier molecular flexibility index (Phi) is 9.64. The van der Waals surface area contributed by atoms with Gasteiger partial charge in [0.25, 0.3) is 0 Å². The van der Waals surface area contributed by atoms with Gasteiger partial charge in [0.05, 0.1) is 11.2 Å². The van der Waals surface area contributed by atoms with E-state index in [-0.39, 0.29) is 70.7 Å². The molecule has 0 saturated heterocycles. The third-order valence-electron chi connectivity index (χ3n) is 3.90. The fourth-order valence-corrected chi connectivity index (χ4v) is 2.85. The minimum absolute atomic E-state index is 0. The number of carbonyl (C=O) groups excluding carboxylic acids is 2. The fraction of sp³-hybridized carbons (Fsp3) is 0.0556. The van der Waals surface area contributed by atoms with E-state index in [9.17, 15) is 9.59 Å². The van der Waals surface area contributed by atoms with E-state index >= 15 is 0 Å². The first-order chi connectivity index (χ1) is 12.0. The van der Waals surface area contributed by atoms with Crippen molar-refractivity contribution >= 4 is 33.8 Å². The number of carbonyl (C=O) groups is 2. The summed E-state index contributed by atoms with van der Waals surface area (Å²) >= 11 is -3.11. The molecule has 27 heavy (non-hydrogen) atoms. The van der Waals surface area contributed by atoms with Crippen LogP contribution in [0.25, 0.3) is 10.9 Å². The zero-order chi connectivity index (χ0) is 18.0. The average molecular weight is 399 g/mol. The van der Waals surface area contributed by atoms with Crippen molar-refractivity contribution in [1.29, 1.82) is 0 Å². The van der Waals surface area contributed by atoms with E-state index in [1.165, 1.54) is 0 Å². The van der Waals surface area contributed by atoms with Gasteiger partial charge in [-0.1, -0.05) is 48.5 Å². The molecule has 0 amide bonds. The average Bonchev–Trinajstić information content (AvgIpc) is 2.85. The zero-order valence-electron chi connectivity index (χ0n) is 14.7. The number of ketones is 2. The van der Waals surface area contributed by atoms with Crippen LogP contribution in [0.5, 0.6) is 0 Å². The van der Waals surface area contributed by atoms with Gasteiger partial charge in [0, 0.05) is 16.5 Å². The Hall–Kier alpha value is -0.740. The van der Waals surface area contributed by atoms with E-state index in [4.69, 9.17) is 13.3 Å². The first kappa shape index (κ1) is 24.3. The standard InChI is InChI=1S/C18H11NO2.2Na.H2O3S/c20-17-12-6-2-3-7-13(12)18(21)16(17)15-10-9-11-5-1-4-8-14(11)19-15;;;1-4(2)3/h1-10,16H;;;(H2,1,2,3)/q;2*+1;/p-2. The van der Waals surface area contributed by atoms with Crippen molar-refractivity contribution in [2.75, 3.05) is 0 Å². The van der Waals surface area contributed by atoms with Crippen LogP contribution in [0.1, 0.15) is 32.3 Å². The van der Waals surface area contributed by atoms with Crippen molar-refractivity contribution in [3.63, 3.8) is 0 Å². The molecule has 1 aliphatic rings. The summed E-state index contributed by atoms with van der Waals surface area (Å²) in [5.41, 5.74) is 2.33. The van der Waals surface area contributed by atoms with Crippen molar-refractivity contribution in [3.8, 4) is 0 Å². The van der Waals surface area contributed by atoms with E-state index in [1.54, 1.807) is 30.3 Å². The summed E-state index contributed by atoms with van der Waals surface area (Å²) in [6, 6.07) is 18.3. The van der Waals surface area contributed by atoms with Crippen LogP contribution < -0.4 is 59.1 Å². The van der Waals surface area contributed by atoms with Crippen LogP contribution in [-0.2, 0) is 11.4 Å². The molecule has 1 aliphatic carbocycles. The SMILES string of the molecule is O=C1c2ccccc2C(=O)C1c1ccc2ccccc2n1.O=S([O-])[O-].[Na+].[Na+]. The summed E-state index contributed by atoms with van der Waals surface area (Å²) in [6.07, 6.45) is 0. The molecule has 0 unspecified atom stereocenters. The van der Waals surface area contributed by atoms with E-state index < -0.39 is 17.3 Å². The van der Waals surface area contributed by atoms with Crippen LogP contribution in [0.3, 0.4) is 0 Å². The molecule has 0 bridgehead atoms. The Morgan fingerprint density at radius 3 is 1.81 bits per heavy atom. The van der Waals surface area contributed by atoms with Crippen molar-refractivity contribution in [2.24, 2.45) is 0 Å². The summed E-state index contributed by atoms with van der Waals surface area (Å²) < 4.78 is 25.3. The molecule has 6 nitrogen and oxygen atoms in total. The number of para-hydroxylation sites is 1. The third kappa shape index (κ3) is 5.41. The molecule has 9 heteroatoms. The first-order valence-electron chi connectivity index (χ1n) is 7.29. The van der Waals surface area contributed by atoms with Gasteiger partial charge in [0.2, 0.25) is 0 Å². The van der Waals surface area contributed by atoms with Gasteiger partial charge in [0.15, 0.2) is 11.6 Å². The molecular weight excluding hydrogens is 388 g/mol. The summed E-state index contributed by atoms with van der Waals surface area (Å²) in [4.78, 5) is 29.5. The molecule has 0 radical (unpaired) electrons. The van der Waals surface area contributed by atoms with Gasteiger partial charge in [-0.3, -0.25) is 18.8 Å². The van der Waals surface area contributed by atoms with Crippen molar-refractivity contribution in [2.45, 2.75) is 5.92 Å². The molecule has 4 rings (SSSR count). The van der Waals surface area contributed by atoms with E-state index in [1.807, 2.05) is 30.3 Å². The number of nitrogens with zero attached hydrogens (tertiary/aromatic N) is 1. The maximum absolute atomic E-state index is 12.5. The minimum Gasteiger partial charge on any atom is -0.784 e. The second-order valence-electron chi connectivity index (χ2n) is 5.34. The van der Waals surface area contributed by atoms with E-state index in [0.29, 0.717) is 16.8 Å². The smallest absolute Gasteiger partial charge is 0.784 e. The van der Waals surface area contributed by atoms with Gasteiger partial charge >= 0.3 is 59.1 Å². The molecule has 0 fully saturated rings. The molecule has 2 aromatic carbocycles. The molecule has 0 saturated carbocycles. The van der Waals surface area contributed by atoms with E-state index in [2.05, 4.69) is 4.98 Å². The number of benzene rings is 2. The molecule has 3 aromatic rings. The Labute approximate surface area is 202 Å². The molecule has 0 atom stereocenters. The Morgan fingerprint density at radius 1 is 0.778 bits per heavy atom. The Morgan fingerprint density at radius 2 is 1.26 bits per heavy atom. The van der Waals surface area contributed by atoms with Crippen LogP contribution >= 0.6 is 0 Å². The Bertz CT molecular complexity index is 973. The number of hydrogen-bond donors (Lipinski definition) is 0. The molecule has 126 valence electrons. The first-order valence-corrected chi connectivity index (χ1v) is 8.29. The van der Waals surface area contributed by atoms with Gasteiger partial charge in [-0.2, -0.15) is 0 Å². The maximum atomic E-state index is 12.5. The fourth-order valence-electron chi connectivity index (χ4n) is 2.85. The van der Waals surface area contributed by atoms with Crippen LogP contribution in [-0.4, -0.2) is 29.9 Å². The number of rotatable bonds is 1. The molecule has 0 spiro atoms. The Balaban J connectivity index is 0.000000558. The van der Waals surface area contributed by atoms with Gasteiger partial charge < -0.3 is 9.11 Å². The molecule has 1 aromatic heterocycles. The van der Waals surface area contributed by atoms with Crippen molar-refractivity contribution in [3.05, 3.63) is 77.5 Å². The number of Topliss-reactive ketones (excluding diaryl/α,β-unsaturated/α-hetero) is 2. The second-order valence-corrected chi connectivity index (χ2v) is 5.75. The predicted molar refractivity (Wildman–Crippen MR) is 89.3 cm³/mol. The quantitative estimate of drug-likeness (QED) is 0.238. The number of aromatic nitrogens is 1. The number of hydrogen-bond acceptors (Lipinski definition) is 6. The van der Waals surface area contributed by atoms with Gasteiger partial charge in [0.1, 0.15) is 5.92 Å². The zero-order valence-corrected chi connectivity index (χ0v) is 19.6. The van der Waals surface area contributed by atoms with Crippen LogP contribution in [0, 0.1) is 0 Å². The van der Waals surface area contributed by atoms with Crippen LogP contribution in [0.4, 0.5) is 0 Å². The molecule has 0 aliphatic heterocycles. The van der Waals surface area contributed by atoms with Crippen LogP contribution in [0.2, 0.25) is 0 Å². The topological polar surface area (TPSA) is 110 Å². The molecule has 1 heterocycles. The monoisotopic (exact) mass is 399 g/mol. The predicted octanol–water partition coefficient (Wildman–Crippen LogP) is -3.60. The molecular formula is C18H11NNa2O5S. The number of pyridine rings is 1. The van der Waals surface area contributed by atoms with Gasteiger partial charge in [-0.25, -0.2) is 0 Å². The summed E-state index contributed by atoms with van der Waals surface area (Å²) in [7, 11) is 0. The summed E-state index contributed by atoms with van der Waals surface area (Å²) in [5, 5.41) is 0.997. The minimum atomic E-state index is -3.11. The summed E-state index contributed by atoms with van der Waals surface area (Å²) in [6.45, 7) is 0. The largest absolute Gasteiger partial charge is 1.00 e. The molecule has 0 N–H and O–H groups in total. The third-order valence-corrected chi connectivity index (χ3v) is 3.90. The van der Waals surface area contributed by atoms with E-state index in [0.717, 1.165) is 10.9 Å². The number of fused-ring (bicyclic) bond motifs is 2. The second kappa shape index (κ2) is 10.7. The van der Waals surface area contributed by atoms with Gasteiger partial charge in [-0.05, 0) is 12.1 Å².